The predicted octanol–water partition coefficient (Wildman–Crippen LogP) is 1.94. The molecule has 2 aromatic carbocycles. The van der Waals surface area contributed by atoms with Gasteiger partial charge in [0.1, 0.15) is 0 Å². The van der Waals surface area contributed by atoms with Crippen LogP contribution in [0.4, 0.5) is 5.69 Å². The van der Waals surface area contributed by atoms with E-state index in [0.29, 0.717) is 24.5 Å². The number of ether oxygens (including phenoxy) is 2. The highest BCUT2D eigenvalue weighted by Gasteiger charge is 2.07. The molecule has 8 nitrogen and oxygen atoms in total. The number of benzene rings is 2. The van der Waals surface area contributed by atoms with Crippen LogP contribution >= 0.6 is 24.0 Å². The maximum absolute atomic E-state index is 11.2. The molecule has 27 heavy (non-hydrogen) atoms. The number of aliphatic imine (C=N–C) groups is 1. The molecule has 0 aliphatic rings. The smallest absolute Gasteiger partial charge is 0.238 e. The molecular formula is C17H23IN4O4S. The van der Waals surface area contributed by atoms with Gasteiger partial charge in [-0.1, -0.05) is 12.1 Å². The number of guanidine groups is 1. The Balaban J connectivity index is 0.00000364. The summed E-state index contributed by atoms with van der Waals surface area (Å²) in [6.45, 7) is 0.445. The van der Waals surface area contributed by atoms with Crippen LogP contribution in [0.25, 0.3) is 0 Å². The quantitative estimate of drug-likeness (QED) is 0.299. The summed E-state index contributed by atoms with van der Waals surface area (Å²) in [4.78, 5) is 4.34. The van der Waals surface area contributed by atoms with Gasteiger partial charge in [-0.2, -0.15) is 0 Å². The van der Waals surface area contributed by atoms with Crippen LogP contribution in [-0.2, 0) is 16.4 Å². The number of hydrogen-bond donors (Lipinski definition) is 3. The molecule has 10 heteroatoms. The number of nitrogens with one attached hydrogen (secondary N) is 1. The SMILES string of the molecule is COc1ccc(NC(N)=NCCc2ccc(S(N)(=O)=O)cc2)cc1OC.I. The molecule has 0 bridgehead atoms. The minimum Gasteiger partial charge on any atom is -0.493 e. The van der Waals surface area contributed by atoms with Crippen molar-refractivity contribution in [2.45, 2.75) is 11.3 Å². The second-order valence-corrected chi connectivity index (χ2v) is 6.96. The predicted molar refractivity (Wildman–Crippen MR) is 117 cm³/mol. The standard InChI is InChI=1S/C17H22N4O4S.HI/c1-24-15-8-5-13(11-16(15)25-2)21-17(18)20-10-9-12-3-6-14(7-4-12)26(19,22)23;/h3-8,11H,9-10H2,1-2H3,(H3,18,20,21)(H2,19,22,23);1H. The molecule has 0 saturated carbocycles. The zero-order chi connectivity index (χ0) is 19.2. The van der Waals surface area contributed by atoms with Crippen molar-refractivity contribution in [2.75, 3.05) is 26.1 Å². The third-order valence-electron chi connectivity index (χ3n) is 3.59. The van der Waals surface area contributed by atoms with E-state index >= 15 is 0 Å². The molecule has 0 aliphatic heterocycles. The van der Waals surface area contributed by atoms with E-state index in [4.69, 9.17) is 20.3 Å². The summed E-state index contributed by atoms with van der Waals surface area (Å²) in [6, 6.07) is 11.7. The number of anilines is 1. The van der Waals surface area contributed by atoms with Crippen LogP contribution in [0.5, 0.6) is 11.5 Å². The summed E-state index contributed by atoms with van der Waals surface area (Å²) in [5, 5.41) is 8.05. The second-order valence-electron chi connectivity index (χ2n) is 5.40. The number of nitrogens with two attached hydrogens (primary N) is 2. The summed E-state index contributed by atoms with van der Waals surface area (Å²) < 4.78 is 32.9. The molecule has 0 aromatic heterocycles. The number of halogens is 1. The molecule has 0 spiro atoms. The van der Waals surface area contributed by atoms with E-state index in [2.05, 4.69) is 10.3 Å². The van der Waals surface area contributed by atoms with E-state index in [1.54, 1.807) is 44.6 Å². The van der Waals surface area contributed by atoms with Crippen molar-refractivity contribution in [3.63, 3.8) is 0 Å². The third-order valence-corrected chi connectivity index (χ3v) is 4.52. The highest BCUT2D eigenvalue weighted by molar-refractivity contribution is 14.0. The minimum atomic E-state index is -3.68. The van der Waals surface area contributed by atoms with E-state index in [-0.39, 0.29) is 34.8 Å². The van der Waals surface area contributed by atoms with Crippen LogP contribution in [0, 0.1) is 0 Å². The van der Waals surface area contributed by atoms with Gasteiger partial charge in [0.15, 0.2) is 17.5 Å². The van der Waals surface area contributed by atoms with Gasteiger partial charge in [-0.25, -0.2) is 13.6 Å². The van der Waals surface area contributed by atoms with Gasteiger partial charge in [0.2, 0.25) is 10.0 Å². The molecule has 148 valence electrons. The van der Waals surface area contributed by atoms with Gasteiger partial charge in [-0.3, -0.25) is 4.99 Å². The molecule has 0 aliphatic carbocycles. The maximum atomic E-state index is 11.2. The lowest BCUT2D eigenvalue weighted by Crippen LogP contribution is -2.23. The molecule has 2 rings (SSSR count). The zero-order valence-electron chi connectivity index (χ0n) is 15.0. The first-order valence-corrected chi connectivity index (χ1v) is 9.29. The van der Waals surface area contributed by atoms with Crippen LogP contribution in [0.1, 0.15) is 5.56 Å². The van der Waals surface area contributed by atoms with Gasteiger partial charge in [0.25, 0.3) is 0 Å². The molecule has 5 N–H and O–H groups in total. The van der Waals surface area contributed by atoms with Crippen LogP contribution in [0.15, 0.2) is 52.4 Å². The van der Waals surface area contributed by atoms with E-state index in [1.807, 2.05) is 0 Å². The monoisotopic (exact) mass is 506 g/mol. The van der Waals surface area contributed by atoms with E-state index < -0.39 is 10.0 Å². The van der Waals surface area contributed by atoms with Gasteiger partial charge in [0, 0.05) is 18.3 Å². The van der Waals surface area contributed by atoms with Crippen molar-refractivity contribution < 1.29 is 17.9 Å². The molecular weight excluding hydrogens is 483 g/mol. The molecule has 2 aromatic rings. The lowest BCUT2D eigenvalue weighted by molar-refractivity contribution is 0.355. The average molecular weight is 506 g/mol. The Hall–Kier alpha value is -2.05. The Bertz CT molecular complexity index is 886. The topological polar surface area (TPSA) is 129 Å². The van der Waals surface area contributed by atoms with Crippen molar-refractivity contribution in [1.29, 1.82) is 0 Å². The van der Waals surface area contributed by atoms with Crippen molar-refractivity contribution >= 4 is 45.6 Å². The van der Waals surface area contributed by atoms with Gasteiger partial charge in [-0.05, 0) is 36.2 Å². The van der Waals surface area contributed by atoms with E-state index in [0.717, 1.165) is 11.3 Å². The van der Waals surface area contributed by atoms with Crippen molar-refractivity contribution in [3.05, 3.63) is 48.0 Å². The van der Waals surface area contributed by atoms with Gasteiger partial charge >= 0.3 is 0 Å². The van der Waals surface area contributed by atoms with Gasteiger partial charge in [-0.15, -0.1) is 24.0 Å². The Labute approximate surface area is 176 Å². The Morgan fingerprint density at radius 2 is 1.70 bits per heavy atom. The largest absolute Gasteiger partial charge is 0.493 e. The Morgan fingerprint density at radius 1 is 1.07 bits per heavy atom. The first-order valence-electron chi connectivity index (χ1n) is 7.74. The highest BCUT2D eigenvalue weighted by Crippen LogP contribution is 2.29. The number of nitrogens with zero attached hydrogens (tertiary/aromatic N) is 1. The van der Waals surface area contributed by atoms with Crippen molar-refractivity contribution in [1.82, 2.24) is 0 Å². The number of hydrogen-bond acceptors (Lipinski definition) is 5. The second kappa shape index (κ2) is 10.3. The van der Waals surface area contributed by atoms with Crippen LogP contribution in [-0.4, -0.2) is 35.1 Å². The summed E-state index contributed by atoms with van der Waals surface area (Å²) in [6.07, 6.45) is 0.610. The average Bonchev–Trinajstić information content (AvgIpc) is 2.61. The van der Waals surface area contributed by atoms with E-state index in [9.17, 15) is 8.42 Å². The summed E-state index contributed by atoms with van der Waals surface area (Å²) in [5.74, 6) is 1.47. The van der Waals surface area contributed by atoms with Crippen LogP contribution < -0.4 is 25.7 Å². The van der Waals surface area contributed by atoms with Gasteiger partial charge in [0.05, 0.1) is 19.1 Å². The third kappa shape index (κ3) is 6.88. The first kappa shape index (κ1) is 23.0. The number of rotatable bonds is 7. The zero-order valence-corrected chi connectivity index (χ0v) is 18.2. The molecule has 0 saturated heterocycles. The first-order chi connectivity index (χ1) is 12.3. The lowest BCUT2D eigenvalue weighted by atomic mass is 10.1. The van der Waals surface area contributed by atoms with Gasteiger partial charge < -0.3 is 20.5 Å². The Morgan fingerprint density at radius 3 is 2.26 bits per heavy atom. The Kier molecular flexibility index (Phi) is 8.79. The minimum absolute atomic E-state index is 0. The fraction of sp³-hybridized carbons (Fsp3) is 0.235. The summed E-state index contributed by atoms with van der Waals surface area (Å²) in [5.41, 5.74) is 7.54. The number of methoxy groups -OCH3 is 2. The molecule has 0 heterocycles. The number of primary sulfonamides is 1. The van der Waals surface area contributed by atoms with Crippen LogP contribution in [0.2, 0.25) is 0 Å². The molecule has 0 atom stereocenters. The molecule has 0 fully saturated rings. The highest BCUT2D eigenvalue weighted by atomic mass is 127. The molecule has 0 radical (unpaired) electrons. The lowest BCUT2D eigenvalue weighted by Gasteiger charge is -2.11. The normalized spacial score (nSPS) is 11.4. The van der Waals surface area contributed by atoms with Crippen molar-refractivity contribution in [2.24, 2.45) is 15.9 Å². The molecule has 0 amide bonds. The summed E-state index contributed by atoms with van der Waals surface area (Å²) in [7, 11) is -0.554. The van der Waals surface area contributed by atoms with Crippen LogP contribution in [0.3, 0.4) is 0 Å². The molecule has 0 unspecified atom stereocenters. The number of sulfonamides is 1. The fourth-order valence-corrected chi connectivity index (χ4v) is 2.77. The maximum Gasteiger partial charge on any atom is 0.238 e. The van der Waals surface area contributed by atoms with E-state index in [1.165, 1.54) is 12.1 Å². The summed E-state index contributed by atoms with van der Waals surface area (Å²) >= 11 is 0. The van der Waals surface area contributed by atoms with Crippen molar-refractivity contribution in [3.8, 4) is 11.5 Å². The fourth-order valence-electron chi connectivity index (χ4n) is 2.25.